The van der Waals surface area contributed by atoms with Crippen LogP contribution < -0.4 is 5.32 Å². The van der Waals surface area contributed by atoms with Crippen LogP contribution in [0.5, 0.6) is 0 Å². The molecule has 96 valence electrons. The Labute approximate surface area is 101 Å². The fourth-order valence-corrected chi connectivity index (χ4v) is 2.10. The lowest BCUT2D eigenvalue weighted by Crippen LogP contribution is -2.46. The fourth-order valence-electron chi connectivity index (χ4n) is 2.10. The summed E-state index contributed by atoms with van der Waals surface area (Å²) in [5, 5.41) is 3.59. The maximum atomic E-state index is 5.70. The molecule has 0 aromatic carbocycles. The fraction of sp³-hybridized carbons (Fsp3) is 1.00. The molecular weight excluding hydrogens is 200 g/mol. The SMILES string of the molecule is CC1CC(NCCOC(C)(C)C)CCN1C. The number of hydrogen-bond acceptors (Lipinski definition) is 3. The average molecular weight is 228 g/mol. The third-order valence-electron chi connectivity index (χ3n) is 3.28. The van der Waals surface area contributed by atoms with E-state index in [1.807, 2.05) is 0 Å². The summed E-state index contributed by atoms with van der Waals surface area (Å²) in [4.78, 5) is 2.43. The summed E-state index contributed by atoms with van der Waals surface area (Å²) in [6.07, 6.45) is 2.52. The molecule has 1 heterocycles. The van der Waals surface area contributed by atoms with Crippen LogP contribution in [0.25, 0.3) is 0 Å². The van der Waals surface area contributed by atoms with Gasteiger partial charge in [0, 0.05) is 18.6 Å². The second-order valence-corrected chi connectivity index (χ2v) is 5.97. The van der Waals surface area contributed by atoms with Crippen molar-refractivity contribution < 1.29 is 4.74 Å². The molecule has 0 saturated carbocycles. The van der Waals surface area contributed by atoms with Crippen molar-refractivity contribution in [3.8, 4) is 0 Å². The number of ether oxygens (including phenoxy) is 1. The van der Waals surface area contributed by atoms with Crippen LogP contribution in [0.4, 0.5) is 0 Å². The molecule has 1 fully saturated rings. The van der Waals surface area contributed by atoms with Gasteiger partial charge in [-0.25, -0.2) is 0 Å². The van der Waals surface area contributed by atoms with Crippen LogP contribution in [0.1, 0.15) is 40.5 Å². The van der Waals surface area contributed by atoms with E-state index in [0.29, 0.717) is 12.1 Å². The largest absolute Gasteiger partial charge is 0.375 e. The summed E-state index contributed by atoms with van der Waals surface area (Å²) in [6, 6.07) is 1.38. The highest BCUT2D eigenvalue weighted by Gasteiger charge is 2.22. The lowest BCUT2D eigenvalue weighted by atomic mass is 9.99. The van der Waals surface area contributed by atoms with E-state index in [1.54, 1.807) is 0 Å². The molecule has 1 aliphatic heterocycles. The van der Waals surface area contributed by atoms with E-state index in [0.717, 1.165) is 13.2 Å². The third-order valence-corrected chi connectivity index (χ3v) is 3.28. The van der Waals surface area contributed by atoms with Crippen molar-refractivity contribution in [1.82, 2.24) is 10.2 Å². The zero-order valence-electron chi connectivity index (χ0n) is 11.5. The number of nitrogens with one attached hydrogen (secondary N) is 1. The van der Waals surface area contributed by atoms with Crippen LogP contribution in [0, 0.1) is 0 Å². The van der Waals surface area contributed by atoms with E-state index in [4.69, 9.17) is 4.74 Å². The first-order valence-corrected chi connectivity index (χ1v) is 6.46. The molecule has 0 aromatic rings. The predicted octanol–water partition coefficient (Wildman–Crippen LogP) is 1.87. The highest BCUT2D eigenvalue weighted by molar-refractivity contribution is 4.81. The van der Waals surface area contributed by atoms with Crippen LogP contribution in [-0.2, 0) is 4.74 Å². The Morgan fingerprint density at radius 3 is 2.62 bits per heavy atom. The first kappa shape index (κ1) is 13.9. The summed E-state index contributed by atoms with van der Waals surface area (Å²) >= 11 is 0. The number of hydrogen-bond donors (Lipinski definition) is 1. The Hall–Kier alpha value is -0.120. The van der Waals surface area contributed by atoms with Gasteiger partial charge < -0.3 is 15.0 Å². The van der Waals surface area contributed by atoms with Gasteiger partial charge >= 0.3 is 0 Å². The maximum Gasteiger partial charge on any atom is 0.0599 e. The number of nitrogens with zero attached hydrogens (tertiary/aromatic N) is 1. The van der Waals surface area contributed by atoms with Crippen molar-refractivity contribution >= 4 is 0 Å². The van der Waals surface area contributed by atoms with Gasteiger partial charge in [-0.3, -0.25) is 0 Å². The van der Waals surface area contributed by atoms with E-state index in [1.165, 1.54) is 19.4 Å². The molecule has 2 atom stereocenters. The molecule has 0 aliphatic carbocycles. The van der Waals surface area contributed by atoms with Gasteiger partial charge in [0.1, 0.15) is 0 Å². The van der Waals surface area contributed by atoms with Crippen molar-refractivity contribution in [3.05, 3.63) is 0 Å². The van der Waals surface area contributed by atoms with Gasteiger partial charge in [0.25, 0.3) is 0 Å². The zero-order valence-corrected chi connectivity index (χ0v) is 11.5. The van der Waals surface area contributed by atoms with Crippen LogP contribution >= 0.6 is 0 Å². The summed E-state index contributed by atoms with van der Waals surface area (Å²) in [5.41, 5.74) is -0.0121. The van der Waals surface area contributed by atoms with E-state index in [2.05, 4.69) is 45.0 Å². The van der Waals surface area contributed by atoms with Crippen LogP contribution in [0.15, 0.2) is 0 Å². The minimum atomic E-state index is -0.0121. The first-order chi connectivity index (χ1) is 7.38. The Bertz CT molecular complexity index is 201. The lowest BCUT2D eigenvalue weighted by Gasteiger charge is -2.35. The van der Waals surface area contributed by atoms with E-state index in [9.17, 15) is 0 Å². The van der Waals surface area contributed by atoms with E-state index in [-0.39, 0.29) is 5.60 Å². The Morgan fingerprint density at radius 2 is 2.06 bits per heavy atom. The Morgan fingerprint density at radius 1 is 1.38 bits per heavy atom. The topological polar surface area (TPSA) is 24.5 Å². The second-order valence-electron chi connectivity index (χ2n) is 5.97. The van der Waals surface area contributed by atoms with Gasteiger partial charge in [0.15, 0.2) is 0 Å². The average Bonchev–Trinajstić information content (AvgIpc) is 2.17. The molecule has 16 heavy (non-hydrogen) atoms. The van der Waals surface area contributed by atoms with Gasteiger partial charge in [0.05, 0.1) is 12.2 Å². The van der Waals surface area contributed by atoms with Crippen LogP contribution in [-0.4, -0.2) is 49.3 Å². The number of rotatable bonds is 4. The van der Waals surface area contributed by atoms with Crippen LogP contribution in [0.3, 0.4) is 0 Å². The summed E-state index contributed by atoms with van der Waals surface area (Å²) < 4.78 is 5.70. The molecular formula is C13H28N2O. The summed E-state index contributed by atoms with van der Waals surface area (Å²) in [7, 11) is 2.21. The molecule has 3 nitrogen and oxygen atoms in total. The molecule has 1 aliphatic rings. The predicted molar refractivity (Wildman–Crippen MR) is 68.8 cm³/mol. The van der Waals surface area contributed by atoms with Crippen molar-refractivity contribution in [2.45, 2.75) is 58.2 Å². The Balaban J connectivity index is 2.10. The normalized spacial score (nSPS) is 28.3. The van der Waals surface area contributed by atoms with Gasteiger partial charge in [0.2, 0.25) is 0 Å². The molecule has 1 N–H and O–H groups in total. The van der Waals surface area contributed by atoms with Gasteiger partial charge in [-0.15, -0.1) is 0 Å². The lowest BCUT2D eigenvalue weighted by molar-refractivity contribution is -0.00258. The minimum Gasteiger partial charge on any atom is -0.375 e. The van der Waals surface area contributed by atoms with Gasteiger partial charge in [-0.1, -0.05) is 0 Å². The van der Waals surface area contributed by atoms with Crippen molar-refractivity contribution in [1.29, 1.82) is 0 Å². The van der Waals surface area contributed by atoms with Crippen molar-refractivity contribution in [2.24, 2.45) is 0 Å². The molecule has 0 aromatic heterocycles. The van der Waals surface area contributed by atoms with E-state index < -0.39 is 0 Å². The number of likely N-dealkylation sites (tertiary alicyclic amines) is 1. The molecule has 1 saturated heterocycles. The smallest absolute Gasteiger partial charge is 0.0599 e. The molecule has 3 heteroatoms. The molecule has 0 bridgehead atoms. The molecule has 0 amide bonds. The summed E-state index contributed by atoms with van der Waals surface area (Å²) in [6.45, 7) is 11.6. The minimum absolute atomic E-state index is 0.0121. The molecule has 2 unspecified atom stereocenters. The van der Waals surface area contributed by atoms with E-state index >= 15 is 0 Å². The van der Waals surface area contributed by atoms with Crippen molar-refractivity contribution in [2.75, 3.05) is 26.7 Å². The standard InChI is InChI=1S/C13H28N2O/c1-11-10-12(6-8-15(11)5)14-7-9-16-13(2,3)4/h11-12,14H,6-10H2,1-5H3. The summed E-state index contributed by atoms with van der Waals surface area (Å²) in [5.74, 6) is 0. The molecule has 0 radical (unpaired) electrons. The monoisotopic (exact) mass is 228 g/mol. The van der Waals surface area contributed by atoms with Gasteiger partial charge in [-0.2, -0.15) is 0 Å². The van der Waals surface area contributed by atoms with Crippen LogP contribution in [0.2, 0.25) is 0 Å². The van der Waals surface area contributed by atoms with Crippen molar-refractivity contribution in [3.63, 3.8) is 0 Å². The third kappa shape index (κ3) is 5.28. The highest BCUT2D eigenvalue weighted by atomic mass is 16.5. The quantitative estimate of drug-likeness (QED) is 0.744. The van der Waals surface area contributed by atoms with Gasteiger partial charge in [-0.05, 0) is 54.1 Å². The second kappa shape index (κ2) is 5.99. The first-order valence-electron chi connectivity index (χ1n) is 6.46. The number of piperidine rings is 1. The molecule has 1 rings (SSSR count). The molecule has 0 spiro atoms. The maximum absolute atomic E-state index is 5.70. The highest BCUT2D eigenvalue weighted by Crippen LogP contribution is 2.15. The zero-order chi connectivity index (χ0) is 12.2. The Kier molecular flexibility index (Phi) is 5.22.